The van der Waals surface area contributed by atoms with Gasteiger partial charge in [-0.15, -0.1) is 5.06 Å². The molecule has 0 spiro atoms. The topological polar surface area (TPSA) is 122 Å². The molecule has 1 fully saturated rings. The molecule has 68 valence electrons. The molecule has 0 saturated carbocycles. The molecule has 0 aliphatic carbocycles. The quantitative estimate of drug-likeness (QED) is 0.203. The van der Waals surface area contributed by atoms with Crippen LogP contribution in [0.15, 0.2) is 0 Å². The van der Waals surface area contributed by atoms with Gasteiger partial charge in [0.1, 0.15) is 0 Å². The number of aliphatic hydroxyl groups is 2. The summed E-state index contributed by atoms with van der Waals surface area (Å²) in [6.45, 7) is 0. The van der Waals surface area contributed by atoms with E-state index in [1.807, 2.05) is 0 Å². The van der Waals surface area contributed by atoms with Crippen molar-refractivity contribution in [2.45, 2.75) is 12.3 Å². The third kappa shape index (κ3) is 1.02. The summed E-state index contributed by atoms with van der Waals surface area (Å²) in [6.07, 6.45) is -2.23. The average Bonchev–Trinajstić information content (AvgIpc) is 2.16. The Balaban J connectivity index is 2.91. The smallest absolute Gasteiger partial charge is 0.366 e. The molecule has 0 radical (unpaired) electrons. The normalized spacial score (nSPS) is 24.6. The Bertz CT molecular complexity index is 228. The highest BCUT2D eigenvalue weighted by molar-refractivity contribution is 6.02. The van der Waals surface area contributed by atoms with E-state index in [1.165, 1.54) is 0 Å². The fraction of sp³-hybridized carbons (Fsp3) is 0.500. The first-order valence-corrected chi connectivity index (χ1v) is 2.88. The van der Waals surface area contributed by atoms with Gasteiger partial charge in [0.05, 0.1) is 0 Å². The highest BCUT2D eigenvalue weighted by Gasteiger charge is 2.48. The summed E-state index contributed by atoms with van der Waals surface area (Å²) in [6, 6.07) is -3.28. The van der Waals surface area contributed by atoms with Crippen molar-refractivity contribution >= 4 is 11.9 Å². The number of carbonyl (C=O) groups excluding carboxylic acids is 2. The molecule has 1 atom stereocenters. The predicted octanol–water partition coefficient (Wildman–Crippen LogP) is -2.29. The summed E-state index contributed by atoms with van der Waals surface area (Å²) in [5.74, 6) is -1.29. The Labute approximate surface area is 65.8 Å². The van der Waals surface area contributed by atoms with Crippen molar-refractivity contribution in [2.24, 2.45) is 0 Å². The highest BCUT2D eigenvalue weighted by atomic mass is 16.6. The molecule has 12 heavy (non-hydrogen) atoms. The van der Waals surface area contributed by atoms with Crippen molar-refractivity contribution in [1.82, 2.24) is 10.1 Å². The second-order valence-corrected chi connectivity index (χ2v) is 2.14. The third-order valence-corrected chi connectivity index (χ3v) is 1.38. The molecule has 1 aliphatic heterocycles. The third-order valence-electron chi connectivity index (χ3n) is 1.38. The molecule has 0 aromatic carbocycles. The molecule has 1 saturated heterocycles. The molecule has 1 rings (SSSR count). The minimum atomic E-state index is -2.23. The van der Waals surface area contributed by atoms with E-state index in [1.54, 1.807) is 0 Å². The lowest BCUT2D eigenvalue weighted by Crippen LogP contribution is -2.42. The van der Waals surface area contributed by atoms with Crippen molar-refractivity contribution in [1.29, 1.82) is 0 Å². The summed E-state index contributed by atoms with van der Waals surface area (Å²) in [7, 11) is 0. The number of carbonyl (C=O) groups is 2. The summed E-state index contributed by atoms with van der Waals surface area (Å²) < 4.78 is 0. The van der Waals surface area contributed by atoms with Gasteiger partial charge >= 0.3 is 6.03 Å². The number of hydroxylamine groups is 4. The molecule has 0 aromatic rings. The van der Waals surface area contributed by atoms with Crippen LogP contribution in [-0.4, -0.2) is 55.0 Å². The summed E-state index contributed by atoms with van der Waals surface area (Å²) in [5.41, 5.74) is 0. The van der Waals surface area contributed by atoms with Crippen LogP contribution in [-0.2, 0) is 4.79 Å². The maximum absolute atomic E-state index is 10.7. The lowest BCUT2D eigenvalue weighted by molar-refractivity contribution is -0.172. The summed E-state index contributed by atoms with van der Waals surface area (Å²) in [5, 5.41) is 33.6. The molecule has 8 heteroatoms. The van der Waals surface area contributed by atoms with Gasteiger partial charge in [-0.2, -0.15) is 5.06 Å². The first-order valence-electron chi connectivity index (χ1n) is 2.88. The van der Waals surface area contributed by atoms with Crippen LogP contribution in [0.3, 0.4) is 0 Å². The van der Waals surface area contributed by atoms with Gasteiger partial charge in [0, 0.05) is 0 Å². The predicted molar refractivity (Wildman–Crippen MR) is 29.7 cm³/mol. The number of amides is 3. The van der Waals surface area contributed by atoms with E-state index in [0.717, 1.165) is 0 Å². The number of hydrogen-bond acceptors (Lipinski definition) is 6. The van der Waals surface area contributed by atoms with E-state index in [2.05, 4.69) is 0 Å². The monoisotopic (exact) mass is 178 g/mol. The Morgan fingerprint density at radius 3 is 1.92 bits per heavy atom. The van der Waals surface area contributed by atoms with Crippen LogP contribution < -0.4 is 0 Å². The van der Waals surface area contributed by atoms with E-state index in [0.29, 0.717) is 0 Å². The van der Waals surface area contributed by atoms with Crippen molar-refractivity contribution in [3.63, 3.8) is 0 Å². The van der Waals surface area contributed by atoms with Crippen molar-refractivity contribution in [2.75, 3.05) is 0 Å². The van der Waals surface area contributed by atoms with Gasteiger partial charge in [0.2, 0.25) is 0 Å². The van der Waals surface area contributed by atoms with Gasteiger partial charge in [0.15, 0.2) is 12.3 Å². The van der Waals surface area contributed by atoms with Gasteiger partial charge < -0.3 is 10.2 Å². The van der Waals surface area contributed by atoms with Gasteiger partial charge in [-0.05, 0) is 0 Å². The van der Waals surface area contributed by atoms with Gasteiger partial charge in [0.25, 0.3) is 5.91 Å². The molecule has 1 unspecified atom stereocenters. The zero-order valence-electron chi connectivity index (χ0n) is 5.65. The Hall–Kier alpha value is -1.22. The van der Waals surface area contributed by atoms with Crippen molar-refractivity contribution < 1.29 is 30.2 Å². The highest BCUT2D eigenvalue weighted by Crippen LogP contribution is 2.14. The molecule has 1 heterocycles. The molecule has 8 nitrogen and oxygen atoms in total. The number of hydrogen-bond donors (Lipinski definition) is 4. The summed E-state index contributed by atoms with van der Waals surface area (Å²) in [4.78, 5) is 21.2. The minimum Gasteiger partial charge on any atom is -0.366 e. The first-order chi connectivity index (χ1) is 5.46. The molecule has 0 bridgehead atoms. The molecule has 1 aliphatic rings. The second-order valence-electron chi connectivity index (χ2n) is 2.14. The SMILES string of the molecule is O=C1C(C(O)O)N(O)C(=O)N1O. The summed E-state index contributed by atoms with van der Waals surface area (Å²) >= 11 is 0. The van der Waals surface area contributed by atoms with Gasteiger partial charge in [-0.3, -0.25) is 15.2 Å². The van der Waals surface area contributed by atoms with Crippen LogP contribution in [0.5, 0.6) is 0 Å². The van der Waals surface area contributed by atoms with E-state index in [9.17, 15) is 9.59 Å². The van der Waals surface area contributed by atoms with Crippen LogP contribution in [0.4, 0.5) is 4.79 Å². The van der Waals surface area contributed by atoms with Crippen LogP contribution in [0, 0.1) is 0 Å². The van der Waals surface area contributed by atoms with Gasteiger partial charge in [-0.1, -0.05) is 0 Å². The lowest BCUT2D eigenvalue weighted by atomic mass is 10.3. The van der Waals surface area contributed by atoms with E-state index in [4.69, 9.17) is 20.6 Å². The molecular formula is C4H6N2O6. The standard InChI is InChI=1S/C4H6N2O6/c7-2-1(3(8)9)5(11)4(10)6(2)12/h1,3,8-9,11-12H. The molecule has 3 amide bonds. The first kappa shape index (κ1) is 8.87. The van der Waals surface area contributed by atoms with Crippen LogP contribution in [0.1, 0.15) is 0 Å². The fourth-order valence-corrected chi connectivity index (χ4v) is 0.794. The number of urea groups is 1. The van der Waals surface area contributed by atoms with Crippen molar-refractivity contribution in [3.05, 3.63) is 0 Å². The number of aliphatic hydroxyl groups excluding tert-OH is 1. The largest absolute Gasteiger partial charge is 0.375 e. The van der Waals surface area contributed by atoms with Crippen molar-refractivity contribution in [3.8, 4) is 0 Å². The number of imide groups is 1. The van der Waals surface area contributed by atoms with Crippen LogP contribution in [0.25, 0.3) is 0 Å². The van der Waals surface area contributed by atoms with Crippen LogP contribution >= 0.6 is 0 Å². The zero-order valence-corrected chi connectivity index (χ0v) is 5.65. The maximum Gasteiger partial charge on any atom is 0.375 e. The minimum absolute atomic E-state index is 0.257. The van der Waals surface area contributed by atoms with Gasteiger partial charge in [-0.25, -0.2) is 4.79 Å². The Kier molecular flexibility index (Phi) is 1.98. The number of nitrogens with zero attached hydrogens (tertiary/aromatic N) is 2. The van der Waals surface area contributed by atoms with E-state index >= 15 is 0 Å². The molecule has 4 N–H and O–H groups in total. The van der Waals surface area contributed by atoms with E-state index in [-0.39, 0.29) is 5.06 Å². The fourth-order valence-electron chi connectivity index (χ4n) is 0.794. The second kappa shape index (κ2) is 2.68. The molecular weight excluding hydrogens is 172 g/mol. The zero-order chi connectivity index (χ0) is 9.46. The molecule has 0 aromatic heterocycles. The number of rotatable bonds is 1. The maximum atomic E-state index is 10.7. The Morgan fingerprint density at radius 1 is 1.25 bits per heavy atom. The Morgan fingerprint density at radius 2 is 1.75 bits per heavy atom. The average molecular weight is 178 g/mol. The van der Waals surface area contributed by atoms with E-state index < -0.39 is 29.3 Å². The van der Waals surface area contributed by atoms with Crippen LogP contribution in [0.2, 0.25) is 0 Å². The lowest BCUT2D eigenvalue weighted by Gasteiger charge is -2.14.